The number of anilines is 1. The second-order valence-corrected chi connectivity index (χ2v) is 6.55. The Morgan fingerprint density at radius 1 is 1.21 bits per heavy atom. The third kappa shape index (κ3) is 3.53. The molecule has 3 amide bonds. The molecule has 1 heterocycles. The Morgan fingerprint density at radius 2 is 1.89 bits per heavy atom. The molecule has 1 aliphatic rings. The predicted octanol–water partition coefficient (Wildman–Crippen LogP) is 2.96. The molecular formula is C22H22N2O4. The van der Waals surface area contributed by atoms with Crippen LogP contribution in [0, 0.1) is 6.92 Å². The van der Waals surface area contributed by atoms with Crippen molar-refractivity contribution in [3.05, 3.63) is 72.3 Å². The van der Waals surface area contributed by atoms with Gasteiger partial charge in [0.25, 0.3) is 11.8 Å². The van der Waals surface area contributed by atoms with Gasteiger partial charge in [0.1, 0.15) is 11.8 Å². The number of imide groups is 1. The standard InChI is InChI=1S/C22H22N2O4/c1-4-13-23(21(26)18-8-6-5-7-15(18)2)19-14-20(25)24(22(19)27)16-9-11-17(28-3)12-10-16/h4-12,19H,1,13-14H2,2-3H3. The molecule has 0 N–H and O–H groups in total. The lowest BCUT2D eigenvalue weighted by molar-refractivity contribution is -0.122. The number of hydrogen-bond acceptors (Lipinski definition) is 4. The Morgan fingerprint density at radius 3 is 2.50 bits per heavy atom. The first-order chi connectivity index (χ1) is 13.5. The summed E-state index contributed by atoms with van der Waals surface area (Å²) in [4.78, 5) is 41.3. The van der Waals surface area contributed by atoms with E-state index in [4.69, 9.17) is 4.74 Å². The Hall–Kier alpha value is -3.41. The van der Waals surface area contributed by atoms with Gasteiger partial charge in [0, 0.05) is 12.1 Å². The van der Waals surface area contributed by atoms with Gasteiger partial charge < -0.3 is 9.64 Å². The molecule has 0 aliphatic carbocycles. The Balaban J connectivity index is 1.91. The minimum Gasteiger partial charge on any atom is -0.497 e. The van der Waals surface area contributed by atoms with Crippen LogP contribution in [-0.4, -0.2) is 42.3 Å². The first kappa shape index (κ1) is 19.4. The van der Waals surface area contributed by atoms with Crippen LogP contribution in [0.15, 0.2) is 61.2 Å². The number of carbonyl (C=O) groups excluding carboxylic acids is 3. The summed E-state index contributed by atoms with van der Waals surface area (Å²) in [5.74, 6) is -0.422. The largest absolute Gasteiger partial charge is 0.497 e. The average molecular weight is 378 g/mol. The van der Waals surface area contributed by atoms with Crippen LogP contribution in [0.5, 0.6) is 5.75 Å². The number of rotatable bonds is 6. The van der Waals surface area contributed by atoms with E-state index in [0.29, 0.717) is 17.0 Å². The van der Waals surface area contributed by atoms with Gasteiger partial charge >= 0.3 is 0 Å². The summed E-state index contributed by atoms with van der Waals surface area (Å²) in [6.45, 7) is 5.70. The van der Waals surface area contributed by atoms with E-state index in [-0.39, 0.29) is 24.8 Å². The fourth-order valence-corrected chi connectivity index (χ4v) is 3.32. The van der Waals surface area contributed by atoms with Crippen molar-refractivity contribution in [3.63, 3.8) is 0 Å². The molecule has 2 aromatic carbocycles. The van der Waals surface area contributed by atoms with E-state index in [1.54, 1.807) is 49.6 Å². The highest BCUT2D eigenvalue weighted by Gasteiger charge is 2.44. The Labute approximate surface area is 164 Å². The molecule has 1 atom stereocenters. The van der Waals surface area contributed by atoms with Crippen molar-refractivity contribution < 1.29 is 19.1 Å². The molecule has 2 aromatic rings. The van der Waals surface area contributed by atoms with Gasteiger partial charge in [-0.25, -0.2) is 4.90 Å². The molecular weight excluding hydrogens is 356 g/mol. The smallest absolute Gasteiger partial charge is 0.257 e. The van der Waals surface area contributed by atoms with E-state index < -0.39 is 11.9 Å². The summed E-state index contributed by atoms with van der Waals surface area (Å²) in [5.41, 5.74) is 1.78. The van der Waals surface area contributed by atoms with Crippen molar-refractivity contribution in [2.75, 3.05) is 18.6 Å². The Bertz CT molecular complexity index is 920. The lowest BCUT2D eigenvalue weighted by Gasteiger charge is -2.27. The molecule has 144 valence electrons. The van der Waals surface area contributed by atoms with Crippen LogP contribution >= 0.6 is 0 Å². The zero-order chi connectivity index (χ0) is 20.3. The molecule has 28 heavy (non-hydrogen) atoms. The fourth-order valence-electron chi connectivity index (χ4n) is 3.32. The highest BCUT2D eigenvalue weighted by Crippen LogP contribution is 2.28. The van der Waals surface area contributed by atoms with Gasteiger partial charge in [-0.1, -0.05) is 24.3 Å². The molecule has 0 aromatic heterocycles. The summed E-state index contributed by atoms with van der Waals surface area (Å²) in [6, 6.07) is 13.0. The number of hydrogen-bond donors (Lipinski definition) is 0. The van der Waals surface area contributed by atoms with Crippen LogP contribution < -0.4 is 9.64 Å². The molecule has 0 radical (unpaired) electrons. The van der Waals surface area contributed by atoms with E-state index in [0.717, 1.165) is 10.5 Å². The third-order valence-corrected chi connectivity index (χ3v) is 4.79. The molecule has 1 aliphatic heterocycles. The topological polar surface area (TPSA) is 66.9 Å². The Kier molecular flexibility index (Phi) is 5.59. The minimum atomic E-state index is -0.861. The van der Waals surface area contributed by atoms with E-state index in [1.165, 1.54) is 4.90 Å². The van der Waals surface area contributed by atoms with Crippen molar-refractivity contribution in [2.45, 2.75) is 19.4 Å². The van der Waals surface area contributed by atoms with Gasteiger partial charge in [-0.3, -0.25) is 14.4 Å². The number of benzene rings is 2. The van der Waals surface area contributed by atoms with Gasteiger partial charge in [-0.05, 0) is 42.8 Å². The highest BCUT2D eigenvalue weighted by atomic mass is 16.5. The monoisotopic (exact) mass is 378 g/mol. The quantitative estimate of drug-likeness (QED) is 0.573. The van der Waals surface area contributed by atoms with Crippen LogP contribution in [0.3, 0.4) is 0 Å². The molecule has 6 heteroatoms. The van der Waals surface area contributed by atoms with Gasteiger partial charge in [-0.2, -0.15) is 0 Å². The van der Waals surface area contributed by atoms with E-state index in [1.807, 2.05) is 19.1 Å². The molecule has 1 fully saturated rings. The van der Waals surface area contributed by atoms with Gasteiger partial charge in [-0.15, -0.1) is 6.58 Å². The number of nitrogens with zero attached hydrogens (tertiary/aromatic N) is 2. The zero-order valence-corrected chi connectivity index (χ0v) is 15.9. The molecule has 3 rings (SSSR count). The molecule has 0 spiro atoms. The lowest BCUT2D eigenvalue weighted by atomic mass is 10.1. The molecule has 0 saturated carbocycles. The van der Waals surface area contributed by atoms with Crippen LogP contribution in [0.2, 0.25) is 0 Å². The van der Waals surface area contributed by atoms with E-state index in [2.05, 4.69) is 6.58 Å². The number of carbonyl (C=O) groups is 3. The SMILES string of the molecule is C=CCN(C(=O)c1ccccc1C)C1CC(=O)N(c2ccc(OC)cc2)C1=O. The van der Waals surface area contributed by atoms with Gasteiger partial charge in [0.05, 0.1) is 19.2 Å². The second kappa shape index (κ2) is 8.08. The average Bonchev–Trinajstić information content (AvgIpc) is 3.00. The summed E-state index contributed by atoms with van der Waals surface area (Å²) >= 11 is 0. The van der Waals surface area contributed by atoms with Crippen molar-refractivity contribution in [3.8, 4) is 5.75 Å². The minimum absolute atomic E-state index is 0.0592. The first-order valence-corrected chi connectivity index (χ1v) is 8.96. The maximum atomic E-state index is 13.1. The summed E-state index contributed by atoms with van der Waals surface area (Å²) in [6.07, 6.45) is 1.50. The summed E-state index contributed by atoms with van der Waals surface area (Å²) in [5, 5.41) is 0. The number of amides is 3. The highest BCUT2D eigenvalue weighted by molar-refractivity contribution is 6.23. The number of methoxy groups -OCH3 is 1. The van der Waals surface area contributed by atoms with Crippen LogP contribution in [0.25, 0.3) is 0 Å². The van der Waals surface area contributed by atoms with Crippen LogP contribution in [0.1, 0.15) is 22.3 Å². The number of ether oxygens (including phenoxy) is 1. The van der Waals surface area contributed by atoms with Gasteiger partial charge in [0.15, 0.2) is 0 Å². The number of aryl methyl sites for hydroxylation is 1. The van der Waals surface area contributed by atoms with Crippen LogP contribution in [0.4, 0.5) is 5.69 Å². The fraction of sp³-hybridized carbons (Fsp3) is 0.227. The zero-order valence-electron chi connectivity index (χ0n) is 15.9. The maximum Gasteiger partial charge on any atom is 0.257 e. The van der Waals surface area contributed by atoms with Crippen molar-refractivity contribution in [1.82, 2.24) is 4.90 Å². The maximum absolute atomic E-state index is 13.1. The summed E-state index contributed by atoms with van der Waals surface area (Å²) in [7, 11) is 1.54. The van der Waals surface area contributed by atoms with E-state index >= 15 is 0 Å². The predicted molar refractivity (Wildman–Crippen MR) is 106 cm³/mol. The third-order valence-electron chi connectivity index (χ3n) is 4.79. The summed E-state index contributed by atoms with van der Waals surface area (Å²) < 4.78 is 5.12. The molecule has 1 saturated heterocycles. The second-order valence-electron chi connectivity index (χ2n) is 6.55. The van der Waals surface area contributed by atoms with Gasteiger partial charge in [0.2, 0.25) is 5.91 Å². The first-order valence-electron chi connectivity index (χ1n) is 8.96. The van der Waals surface area contributed by atoms with Crippen molar-refractivity contribution in [2.24, 2.45) is 0 Å². The van der Waals surface area contributed by atoms with Crippen LogP contribution in [-0.2, 0) is 9.59 Å². The van der Waals surface area contributed by atoms with E-state index in [9.17, 15) is 14.4 Å². The van der Waals surface area contributed by atoms with Crippen molar-refractivity contribution >= 4 is 23.4 Å². The van der Waals surface area contributed by atoms with Crippen molar-refractivity contribution in [1.29, 1.82) is 0 Å². The molecule has 6 nitrogen and oxygen atoms in total. The molecule has 1 unspecified atom stereocenters. The molecule has 0 bridgehead atoms. The normalized spacial score (nSPS) is 16.2. The lowest BCUT2D eigenvalue weighted by Crippen LogP contribution is -2.45.